The van der Waals surface area contributed by atoms with Crippen LogP contribution in [0.1, 0.15) is 45.9 Å². The van der Waals surface area contributed by atoms with Gasteiger partial charge in [0.05, 0.1) is 0 Å². The molecule has 0 bridgehead atoms. The zero-order chi connectivity index (χ0) is 19.5. The van der Waals surface area contributed by atoms with Crippen molar-refractivity contribution in [1.82, 2.24) is 25.2 Å². The number of aliphatic imine (C=N–C) groups is 1. The molecule has 1 unspecified atom stereocenters. The number of pyridine rings is 1. The molecule has 0 spiro atoms. The van der Waals surface area contributed by atoms with E-state index in [0.717, 1.165) is 62.7 Å². The molecule has 0 saturated carbocycles. The van der Waals surface area contributed by atoms with Crippen LogP contribution in [0.4, 0.5) is 0 Å². The second kappa shape index (κ2) is 13.7. The van der Waals surface area contributed by atoms with Crippen molar-refractivity contribution in [3.63, 3.8) is 0 Å². The Morgan fingerprint density at radius 1 is 1.25 bits per heavy atom. The molecule has 2 heterocycles. The fourth-order valence-electron chi connectivity index (χ4n) is 3.21. The van der Waals surface area contributed by atoms with Crippen molar-refractivity contribution in [3.8, 4) is 0 Å². The number of rotatable bonds is 11. The molecule has 0 fully saturated rings. The fourth-order valence-corrected chi connectivity index (χ4v) is 3.21. The van der Waals surface area contributed by atoms with Crippen molar-refractivity contribution in [2.45, 2.75) is 46.5 Å². The molecule has 7 nitrogen and oxygen atoms in total. The van der Waals surface area contributed by atoms with Crippen LogP contribution in [0.5, 0.6) is 0 Å². The Bertz CT molecular complexity index is 703. The summed E-state index contributed by atoms with van der Waals surface area (Å²) in [6.07, 6.45) is 5.70. The highest BCUT2D eigenvalue weighted by Gasteiger charge is 2.11. The summed E-state index contributed by atoms with van der Waals surface area (Å²) in [5, 5.41) is 24.4. The van der Waals surface area contributed by atoms with Crippen molar-refractivity contribution < 1.29 is 5.11 Å². The molecule has 2 rings (SSSR count). The molecule has 2 aromatic heterocycles. The molecule has 0 aliphatic rings. The quantitative estimate of drug-likeness (QED) is 0.191. The lowest BCUT2D eigenvalue weighted by atomic mass is 9.94. The van der Waals surface area contributed by atoms with Crippen LogP contribution in [0.15, 0.2) is 29.4 Å². The zero-order valence-electron chi connectivity index (χ0n) is 17.3. The van der Waals surface area contributed by atoms with Crippen molar-refractivity contribution in [3.05, 3.63) is 30.2 Å². The Morgan fingerprint density at radius 3 is 2.79 bits per heavy atom. The molecule has 158 valence electrons. The van der Waals surface area contributed by atoms with Crippen molar-refractivity contribution in [2.24, 2.45) is 16.8 Å². The van der Waals surface area contributed by atoms with Gasteiger partial charge in [0.1, 0.15) is 5.82 Å². The molecule has 0 aliphatic carbocycles. The molecular formula is C20H35IN6O. The van der Waals surface area contributed by atoms with Gasteiger partial charge >= 0.3 is 0 Å². The molecule has 0 aliphatic heterocycles. The van der Waals surface area contributed by atoms with E-state index < -0.39 is 0 Å². The van der Waals surface area contributed by atoms with Crippen molar-refractivity contribution >= 4 is 35.6 Å². The van der Waals surface area contributed by atoms with Crippen LogP contribution in [0, 0.1) is 11.8 Å². The molecular weight excluding hydrogens is 467 g/mol. The molecule has 1 atom stereocenters. The molecule has 8 heteroatoms. The summed E-state index contributed by atoms with van der Waals surface area (Å²) in [4.78, 5) is 4.72. The topological polar surface area (TPSA) is 86.8 Å². The first-order valence-corrected chi connectivity index (χ1v) is 10.1. The Kier molecular flexibility index (Phi) is 12.1. The molecule has 0 saturated heterocycles. The molecule has 3 N–H and O–H groups in total. The minimum atomic E-state index is 0. The van der Waals surface area contributed by atoms with Crippen molar-refractivity contribution in [1.29, 1.82) is 0 Å². The number of nitrogens with zero attached hydrogens (tertiary/aromatic N) is 4. The number of halogens is 1. The van der Waals surface area contributed by atoms with E-state index in [9.17, 15) is 5.11 Å². The third-order valence-corrected chi connectivity index (χ3v) is 4.45. The fraction of sp³-hybridized carbons (Fsp3) is 0.650. The number of nitrogens with one attached hydrogen (secondary N) is 2. The SMILES string of the molecule is CCNC(=NCC(CCO)CC(C)C)NCCCc1nnc2ccccn12.I. The Balaban J connectivity index is 0.00000392. The minimum Gasteiger partial charge on any atom is -0.396 e. The highest BCUT2D eigenvalue weighted by Crippen LogP contribution is 2.15. The third kappa shape index (κ3) is 8.30. The van der Waals surface area contributed by atoms with E-state index in [1.807, 2.05) is 28.8 Å². The second-order valence-corrected chi connectivity index (χ2v) is 7.30. The molecule has 28 heavy (non-hydrogen) atoms. The van der Waals surface area contributed by atoms with Gasteiger partial charge in [0, 0.05) is 38.9 Å². The van der Waals surface area contributed by atoms with Gasteiger partial charge in [-0.1, -0.05) is 19.9 Å². The number of guanidine groups is 1. The first-order valence-electron chi connectivity index (χ1n) is 10.1. The smallest absolute Gasteiger partial charge is 0.191 e. The highest BCUT2D eigenvalue weighted by molar-refractivity contribution is 14.0. The van der Waals surface area contributed by atoms with E-state index >= 15 is 0 Å². The molecule has 0 amide bonds. The van der Waals surface area contributed by atoms with Crippen LogP contribution in [0.25, 0.3) is 5.65 Å². The van der Waals surface area contributed by atoms with Crippen LogP contribution in [-0.4, -0.2) is 51.9 Å². The van der Waals surface area contributed by atoms with Gasteiger partial charge in [-0.25, -0.2) is 0 Å². The Labute approximate surface area is 185 Å². The van der Waals surface area contributed by atoms with Crippen LogP contribution in [-0.2, 0) is 6.42 Å². The van der Waals surface area contributed by atoms with E-state index in [1.165, 1.54) is 0 Å². The summed E-state index contributed by atoms with van der Waals surface area (Å²) in [6.45, 7) is 9.11. The summed E-state index contributed by atoms with van der Waals surface area (Å²) in [7, 11) is 0. The van der Waals surface area contributed by atoms with Crippen LogP contribution in [0.3, 0.4) is 0 Å². The Morgan fingerprint density at radius 2 is 2.07 bits per heavy atom. The van der Waals surface area contributed by atoms with Gasteiger partial charge in [-0.2, -0.15) is 0 Å². The molecule has 0 aromatic carbocycles. The minimum absolute atomic E-state index is 0. The average Bonchev–Trinajstić information content (AvgIpc) is 3.06. The largest absolute Gasteiger partial charge is 0.396 e. The standard InChI is InChI=1S/C20H34N6O.HI/c1-4-21-20(23-15-17(10-13-27)14-16(2)3)22-11-7-9-19-25-24-18-8-5-6-12-26(18)19;/h5-6,8,12,16-17,27H,4,7,9-11,13-15H2,1-3H3,(H2,21,22,23);1H. The number of hydrogen-bond acceptors (Lipinski definition) is 4. The van der Waals surface area contributed by atoms with Gasteiger partial charge in [0.2, 0.25) is 0 Å². The summed E-state index contributed by atoms with van der Waals surface area (Å²) < 4.78 is 2.03. The average molecular weight is 502 g/mol. The van der Waals surface area contributed by atoms with E-state index in [0.29, 0.717) is 11.8 Å². The maximum Gasteiger partial charge on any atom is 0.191 e. The third-order valence-electron chi connectivity index (χ3n) is 4.45. The van der Waals surface area contributed by atoms with Gasteiger partial charge in [-0.15, -0.1) is 34.2 Å². The number of aromatic nitrogens is 3. The van der Waals surface area contributed by atoms with Crippen LogP contribution in [0.2, 0.25) is 0 Å². The van der Waals surface area contributed by atoms with Gasteiger partial charge in [0.25, 0.3) is 0 Å². The van der Waals surface area contributed by atoms with Gasteiger partial charge in [0.15, 0.2) is 11.6 Å². The Hall–Kier alpha value is -1.42. The van der Waals surface area contributed by atoms with Gasteiger partial charge < -0.3 is 15.7 Å². The second-order valence-electron chi connectivity index (χ2n) is 7.30. The first kappa shape index (κ1) is 24.6. The normalized spacial score (nSPS) is 12.8. The number of fused-ring (bicyclic) bond motifs is 1. The number of hydrogen-bond donors (Lipinski definition) is 3. The molecule has 2 aromatic rings. The monoisotopic (exact) mass is 502 g/mol. The predicted molar refractivity (Wildman–Crippen MR) is 125 cm³/mol. The lowest BCUT2D eigenvalue weighted by molar-refractivity contribution is 0.245. The van der Waals surface area contributed by atoms with E-state index in [2.05, 4.69) is 41.6 Å². The van der Waals surface area contributed by atoms with E-state index in [1.54, 1.807) is 0 Å². The lowest BCUT2D eigenvalue weighted by Crippen LogP contribution is -2.38. The number of aliphatic hydroxyl groups excluding tert-OH is 1. The summed E-state index contributed by atoms with van der Waals surface area (Å²) in [5.41, 5.74) is 0.885. The first-order chi connectivity index (χ1) is 13.1. The van der Waals surface area contributed by atoms with E-state index in [-0.39, 0.29) is 30.6 Å². The molecule has 0 radical (unpaired) electrons. The number of aliphatic hydroxyl groups is 1. The van der Waals surface area contributed by atoms with Gasteiger partial charge in [-0.05, 0) is 50.2 Å². The maximum absolute atomic E-state index is 9.26. The maximum atomic E-state index is 9.26. The zero-order valence-corrected chi connectivity index (χ0v) is 19.6. The van der Waals surface area contributed by atoms with Crippen LogP contribution < -0.4 is 10.6 Å². The van der Waals surface area contributed by atoms with Crippen LogP contribution >= 0.6 is 24.0 Å². The van der Waals surface area contributed by atoms with Crippen molar-refractivity contribution in [2.75, 3.05) is 26.2 Å². The van der Waals surface area contributed by atoms with Gasteiger partial charge in [-0.3, -0.25) is 9.39 Å². The number of aryl methyl sites for hydroxylation is 1. The summed E-state index contributed by atoms with van der Waals surface area (Å²) >= 11 is 0. The highest BCUT2D eigenvalue weighted by atomic mass is 127. The van der Waals surface area contributed by atoms with E-state index in [4.69, 9.17) is 4.99 Å². The summed E-state index contributed by atoms with van der Waals surface area (Å²) in [5.74, 6) is 2.86. The summed E-state index contributed by atoms with van der Waals surface area (Å²) in [6, 6.07) is 5.93. The lowest BCUT2D eigenvalue weighted by Gasteiger charge is -2.17. The predicted octanol–water partition coefficient (Wildman–Crippen LogP) is 2.88.